The van der Waals surface area contributed by atoms with Crippen molar-refractivity contribution in [2.24, 2.45) is 5.10 Å². The third kappa shape index (κ3) is 5.49. The molecule has 0 spiro atoms. The van der Waals surface area contributed by atoms with E-state index < -0.39 is 0 Å². The Labute approximate surface area is 177 Å². The number of hydrogen-bond acceptors (Lipinski definition) is 3. The molecule has 0 radical (unpaired) electrons. The minimum atomic E-state index is -0.380. The highest BCUT2D eigenvalue weighted by Crippen LogP contribution is 2.22. The van der Waals surface area contributed by atoms with Crippen LogP contribution in [0, 0.1) is 0 Å². The first kappa shape index (κ1) is 20.2. The van der Waals surface area contributed by atoms with Crippen LogP contribution >= 0.6 is 34.8 Å². The van der Waals surface area contributed by atoms with Crippen LogP contribution in [0.15, 0.2) is 71.8 Å². The van der Waals surface area contributed by atoms with Gasteiger partial charge in [0.05, 0.1) is 16.3 Å². The summed E-state index contributed by atoms with van der Waals surface area (Å²) in [5.74, 6) is 0.325. The van der Waals surface area contributed by atoms with Crippen molar-refractivity contribution in [2.45, 2.75) is 6.61 Å². The lowest BCUT2D eigenvalue weighted by molar-refractivity contribution is 0.0955. The van der Waals surface area contributed by atoms with Gasteiger partial charge in [0.1, 0.15) is 12.4 Å². The lowest BCUT2D eigenvalue weighted by Crippen LogP contribution is -2.17. The lowest BCUT2D eigenvalue weighted by atomic mass is 10.2. The van der Waals surface area contributed by atoms with Crippen LogP contribution in [0.1, 0.15) is 21.5 Å². The zero-order valence-corrected chi connectivity index (χ0v) is 16.8. The second-order valence-corrected chi connectivity index (χ2v) is 7.00. The molecule has 0 unspecified atom stereocenters. The summed E-state index contributed by atoms with van der Waals surface area (Å²) >= 11 is 17.9. The van der Waals surface area contributed by atoms with Gasteiger partial charge in [-0.15, -0.1) is 0 Å². The monoisotopic (exact) mass is 432 g/mol. The number of rotatable bonds is 6. The van der Waals surface area contributed by atoms with Gasteiger partial charge in [0.25, 0.3) is 5.91 Å². The van der Waals surface area contributed by atoms with Crippen LogP contribution < -0.4 is 10.2 Å². The normalized spacial score (nSPS) is 10.8. The average molecular weight is 434 g/mol. The smallest absolute Gasteiger partial charge is 0.271 e. The Morgan fingerprint density at radius 1 is 0.929 bits per heavy atom. The van der Waals surface area contributed by atoms with Crippen LogP contribution in [0.2, 0.25) is 15.1 Å². The number of carbonyl (C=O) groups is 1. The molecule has 28 heavy (non-hydrogen) atoms. The van der Waals surface area contributed by atoms with Gasteiger partial charge in [0.2, 0.25) is 0 Å². The van der Waals surface area contributed by atoms with Gasteiger partial charge in [0, 0.05) is 16.1 Å². The minimum Gasteiger partial charge on any atom is -0.489 e. The maximum Gasteiger partial charge on any atom is 0.271 e. The minimum absolute atomic E-state index is 0.311. The average Bonchev–Trinajstić information content (AvgIpc) is 2.70. The number of ether oxygens (including phenoxy) is 1. The van der Waals surface area contributed by atoms with Crippen LogP contribution in [-0.4, -0.2) is 12.1 Å². The van der Waals surface area contributed by atoms with Gasteiger partial charge in [-0.05, 0) is 54.1 Å². The van der Waals surface area contributed by atoms with Crippen molar-refractivity contribution in [3.05, 3.63) is 98.5 Å². The number of nitrogens with one attached hydrogen (secondary N) is 1. The van der Waals surface area contributed by atoms with Gasteiger partial charge in [0.15, 0.2) is 0 Å². The zero-order valence-electron chi connectivity index (χ0n) is 14.5. The summed E-state index contributed by atoms with van der Waals surface area (Å²) in [5.41, 5.74) is 4.54. The van der Waals surface area contributed by atoms with Gasteiger partial charge in [-0.25, -0.2) is 5.43 Å². The number of amides is 1. The van der Waals surface area contributed by atoms with Crippen LogP contribution in [0.4, 0.5) is 0 Å². The molecular formula is C21H15Cl3N2O2. The number of benzene rings is 3. The molecule has 0 heterocycles. The van der Waals surface area contributed by atoms with E-state index in [2.05, 4.69) is 10.5 Å². The fourth-order valence-corrected chi connectivity index (χ4v) is 2.78. The van der Waals surface area contributed by atoms with Gasteiger partial charge < -0.3 is 4.74 Å². The van der Waals surface area contributed by atoms with E-state index in [1.807, 2.05) is 48.5 Å². The van der Waals surface area contributed by atoms with Crippen molar-refractivity contribution in [1.29, 1.82) is 0 Å². The molecule has 7 heteroatoms. The first-order valence-corrected chi connectivity index (χ1v) is 9.41. The molecule has 4 nitrogen and oxygen atoms in total. The van der Waals surface area contributed by atoms with E-state index in [0.717, 1.165) is 11.1 Å². The zero-order chi connectivity index (χ0) is 19.9. The molecule has 0 bridgehead atoms. The van der Waals surface area contributed by atoms with E-state index >= 15 is 0 Å². The van der Waals surface area contributed by atoms with E-state index in [-0.39, 0.29) is 5.91 Å². The Balaban J connectivity index is 1.54. The van der Waals surface area contributed by atoms with Gasteiger partial charge >= 0.3 is 0 Å². The fourth-order valence-electron chi connectivity index (χ4n) is 2.29. The molecule has 0 fully saturated rings. The lowest BCUT2D eigenvalue weighted by Gasteiger charge is -2.07. The van der Waals surface area contributed by atoms with E-state index in [0.29, 0.717) is 33.0 Å². The largest absolute Gasteiger partial charge is 0.489 e. The van der Waals surface area contributed by atoms with E-state index in [1.54, 1.807) is 12.1 Å². The number of hydrazone groups is 1. The Bertz CT molecular complexity index is 1000. The summed E-state index contributed by atoms with van der Waals surface area (Å²) in [6.45, 7) is 0.382. The van der Waals surface area contributed by atoms with Crippen molar-refractivity contribution in [3.63, 3.8) is 0 Å². The first-order valence-electron chi connectivity index (χ1n) is 8.27. The summed E-state index contributed by atoms with van der Waals surface area (Å²) in [5, 5.41) is 5.31. The summed E-state index contributed by atoms with van der Waals surface area (Å²) in [4.78, 5) is 12.0. The van der Waals surface area contributed by atoms with E-state index in [1.165, 1.54) is 12.3 Å². The molecule has 3 rings (SSSR count). The van der Waals surface area contributed by atoms with Gasteiger partial charge in [-0.2, -0.15) is 5.10 Å². The molecule has 0 aliphatic carbocycles. The Hall–Kier alpha value is -2.53. The van der Waals surface area contributed by atoms with Crippen molar-refractivity contribution >= 4 is 46.9 Å². The molecule has 0 aromatic heterocycles. The topological polar surface area (TPSA) is 50.7 Å². The van der Waals surface area contributed by atoms with Gasteiger partial charge in [-0.1, -0.05) is 53.0 Å². The number of halogens is 3. The Kier molecular flexibility index (Phi) is 6.93. The number of hydrogen-bond donors (Lipinski definition) is 1. The number of nitrogens with zero attached hydrogens (tertiary/aromatic N) is 1. The molecule has 0 aliphatic heterocycles. The maximum absolute atomic E-state index is 12.0. The summed E-state index contributed by atoms with van der Waals surface area (Å²) in [7, 11) is 0. The summed E-state index contributed by atoms with van der Waals surface area (Å²) in [6, 6.07) is 19.4. The number of carbonyl (C=O) groups excluding carboxylic acids is 1. The van der Waals surface area contributed by atoms with Crippen molar-refractivity contribution in [1.82, 2.24) is 5.43 Å². The quantitative estimate of drug-likeness (QED) is 0.383. The van der Waals surface area contributed by atoms with Crippen molar-refractivity contribution < 1.29 is 9.53 Å². The Morgan fingerprint density at radius 2 is 1.68 bits per heavy atom. The van der Waals surface area contributed by atoms with Crippen molar-refractivity contribution in [3.8, 4) is 5.75 Å². The predicted molar refractivity (Wildman–Crippen MR) is 114 cm³/mol. The highest BCUT2D eigenvalue weighted by molar-refractivity contribution is 6.42. The Morgan fingerprint density at radius 3 is 2.39 bits per heavy atom. The third-order valence-electron chi connectivity index (χ3n) is 3.79. The fraction of sp³-hybridized carbons (Fsp3) is 0.0476. The van der Waals surface area contributed by atoms with Crippen LogP contribution in [0.3, 0.4) is 0 Å². The molecule has 0 atom stereocenters. The molecule has 1 amide bonds. The van der Waals surface area contributed by atoms with Crippen molar-refractivity contribution in [2.75, 3.05) is 0 Å². The molecule has 1 N–H and O–H groups in total. The third-order valence-corrected chi connectivity index (χ3v) is 4.90. The predicted octanol–water partition coefficient (Wildman–Crippen LogP) is 5.99. The SMILES string of the molecule is O=C(N/N=C\c1ccc(OCc2ccccc2Cl)cc1)c1ccc(Cl)c(Cl)c1. The maximum atomic E-state index is 12.0. The second kappa shape index (κ2) is 9.60. The highest BCUT2D eigenvalue weighted by Gasteiger charge is 2.07. The molecule has 0 saturated heterocycles. The first-order chi connectivity index (χ1) is 13.5. The molecule has 3 aromatic rings. The van der Waals surface area contributed by atoms with E-state index in [9.17, 15) is 4.79 Å². The molecular weight excluding hydrogens is 419 g/mol. The molecule has 0 aliphatic rings. The van der Waals surface area contributed by atoms with Gasteiger partial charge in [-0.3, -0.25) is 4.79 Å². The standard InChI is InChI=1S/C21H15Cl3N2O2/c22-18-4-2-1-3-16(18)13-28-17-8-5-14(6-9-17)12-25-26-21(27)15-7-10-19(23)20(24)11-15/h1-12H,13H2,(H,26,27)/b25-12-. The highest BCUT2D eigenvalue weighted by atomic mass is 35.5. The van der Waals surface area contributed by atoms with Crippen LogP contribution in [0.25, 0.3) is 0 Å². The van der Waals surface area contributed by atoms with Crippen LogP contribution in [-0.2, 0) is 6.61 Å². The molecule has 0 saturated carbocycles. The summed E-state index contributed by atoms with van der Waals surface area (Å²) in [6.07, 6.45) is 1.53. The van der Waals surface area contributed by atoms with Crippen LogP contribution in [0.5, 0.6) is 5.75 Å². The summed E-state index contributed by atoms with van der Waals surface area (Å²) < 4.78 is 5.73. The van der Waals surface area contributed by atoms with E-state index in [4.69, 9.17) is 39.5 Å². The molecule has 142 valence electrons. The molecule has 3 aromatic carbocycles. The second-order valence-electron chi connectivity index (χ2n) is 5.78.